The van der Waals surface area contributed by atoms with Crippen molar-refractivity contribution in [3.63, 3.8) is 0 Å². The molecule has 2 aliphatic heterocycles. The lowest BCUT2D eigenvalue weighted by Crippen LogP contribution is -2.36. The summed E-state index contributed by atoms with van der Waals surface area (Å²) in [7, 11) is 0. The Balaban J connectivity index is 1.73. The number of terminal acetylenes is 1. The van der Waals surface area contributed by atoms with Crippen LogP contribution in [0.25, 0.3) is 0 Å². The molecular weight excluding hydrogens is 290 g/mol. The van der Waals surface area contributed by atoms with Crippen LogP contribution in [0.15, 0.2) is 10.2 Å². The Kier molecular flexibility index (Phi) is 5.83. The lowest BCUT2D eigenvalue weighted by molar-refractivity contribution is -0.131. The largest absolute Gasteiger partial charge is 0.341 e. The molecule has 7 heteroatoms. The zero-order chi connectivity index (χ0) is 16.0. The number of rotatable bonds is 7. The van der Waals surface area contributed by atoms with Crippen molar-refractivity contribution in [2.45, 2.75) is 44.2 Å². The summed E-state index contributed by atoms with van der Waals surface area (Å²) in [6.45, 7) is 2.05. The summed E-state index contributed by atoms with van der Waals surface area (Å²) >= 11 is 0. The van der Waals surface area contributed by atoms with E-state index in [0.29, 0.717) is 51.9 Å². The maximum Gasteiger partial charge on any atom is 0.251 e. The number of hydrogen-bond donors (Lipinski definition) is 0. The van der Waals surface area contributed by atoms with E-state index in [1.54, 1.807) is 9.80 Å². The highest BCUT2D eigenvalue weighted by atomic mass is 19.3. The highest BCUT2D eigenvalue weighted by Crippen LogP contribution is 2.37. The average Bonchev–Trinajstić information content (AvgIpc) is 3.27. The molecule has 0 atom stereocenters. The van der Waals surface area contributed by atoms with E-state index in [0.717, 1.165) is 6.42 Å². The Labute approximate surface area is 129 Å². The van der Waals surface area contributed by atoms with Crippen molar-refractivity contribution in [2.75, 3.05) is 32.7 Å². The molecule has 0 aromatic carbocycles. The Morgan fingerprint density at radius 2 is 2.00 bits per heavy atom. The predicted molar refractivity (Wildman–Crippen MR) is 78.5 cm³/mol. The van der Waals surface area contributed by atoms with Gasteiger partial charge in [0.2, 0.25) is 5.91 Å². The van der Waals surface area contributed by atoms with Crippen molar-refractivity contribution in [3.8, 4) is 12.3 Å². The number of alkyl halides is 2. The minimum Gasteiger partial charge on any atom is -0.341 e. The van der Waals surface area contributed by atoms with Gasteiger partial charge in [-0.25, -0.2) is 8.78 Å². The molecule has 0 saturated carbocycles. The molecule has 5 nitrogen and oxygen atoms in total. The van der Waals surface area contributed by atoms with Crippen LogP contribution in [0.3, 0.4) is 0 Å². The molecule has 0 aromatic rings. The van der Waals surface area contributed by atoms with E-state index in [9.17, 15) is 13.6 Å². The number of carbonyl (C=O) groups is 1. The molecule has 2 aliphatic rings. The number of halogens is 2. The molecule has 0 bridgehead atoms. The van der Waals surface area contributed by atoms with Crippen LogP contribution in [0.2, 0.25) is 0 Å². The Morgan fingerprint density at radius 3 is 2.64 bits per heavy atom. The van der Waals surface area contributed by atoms with Gasteiger partial charge in [-0.1, -0.05) is 0 Å². The molecule has 2 rings (SSSR count). The van der Waals surface area contributed by atoms with Gasteiger partial charge in [-0.05, 0) is 6.42 Å². The van der Waals surface area contributed by atoms with E-state index < -0.39 is 12.1 Å². The third kappa shape index (κ3) is 5.02. The SMILES string of the molecule is C#CCCC1(CCC(=O)N2CCCN(CC(F)F)CC2)N=N1. The van der Waals surface area contributed by atoms with Gasteiger partial charge in [-0.15, -0.1) is 12.3 Å². The van der Waals surface area contributed by atoms with Crippen LogP contribution in [0, 0.1) is 12.3 Å². The number of hydrogen-bond acceptors (Lipinski definition) is 4. The van der Waals surface area contributed by atoms with Crippen molar-refractivity contribution in [2.24, 2.45) is 10.2 Å². The summed E-state index contributed by atoms with van der Waals surface area (Å²) in [6.07, 6.45) is 5.91. The first-order valence-corrected chi connectivity index (χ1v) is 7.70. The van der Waals surface area contributed by atoms with Gasteiger partial charge >= 0.3 is 0 Å². The van der Waals surface area contributed by atoms with E-state index in [1.807, 2.05) is 0 Å². The van der Waals surface area contributed by atoms with E-state index in [-0.39, 0.29) is 12.5 Å². The molecule has 0 unspecified atom stereocenters. The maximum absolute atomic E-state index is 12.4. The molecule has 122 valence electrons. The van der Waals surface area contributed by atoms with Crippen molar-refractivity contribution in [1.82, 2.24) is 9.80 Å². The van der Waals surface area contributed by atoms with Gasteiger partial charge in [0.1, 0.15) is 0 Å². The van der Waals surface area contributed by atoms with Crippen LogP contribution in [-0.2, 0) is 4.79 Å². The Morgan fingerprint density at radius 1 is 1.23 bits per heavy atom. The van der Waals surface area contributed by atoms with Gasteiger partial charge in [0.05, 0.1) is 6.54 Å². The van der Waals surface area contributed by atoms with Crippen LogP contribution in [0.5, 0.6) is 0 Å². The van der Waals surface area contributed by atoms with Gasteiger partial charge in [0.25, 0.3) is 6.43 Å². The van der Waals surface area contributed by atoms with Crippen LogP contribution >= 0.6 is 0 Å². The minimum atomic E-state index is -2.32. The summed E-state index contributed by atoms with van der Waals surface area (Å²) < 4.78 is 24.8. The topological polar surface area (TPSA) is 48.3 Å². The average molecular weight is 312 g/mol. The lowest BCUT2D eigenvalue weighted by atomic mass is 10.0. The quantitative estimate of drug-likeness (QED) is 0.676. The summed E-state index contributed by atoms with van der Waals surface area (Å²) in [4.78, 5) is 15.8. The fourth-order valence-electron chi connectivity index (χ4n) is 2.73. The first kappa shape index (κ1) is 16.8. The van der Waals surface area contributed by atoms with Crippen LogP contribution in [0.4, 0.5) is 8.78 Å². The van der Waals surface area contributed by atoms with Crippen molar-refractivity contribution >= 4 is 5.91 Å². The zero-order valence-corrected chi connectivity index (χ0v) is 12.7. The number of nitrogens with zero attached hydrogens (tertiary/aromatic N) is 4. The molecule has 2 heterocycles. The standard InChI is InChI=1S/C15H22F2N4O/c1-2-3-6-15(18-19-15)7-5-14(22)21-9-4-8-20(10-11-21)12-13(16)17/h1,13H,3-12H2. The molecule has 22 heavy (non-hydrogen) atoms. The van der Waals surface area contributed by atoms with Crippen LogP contribution in [0.1, 0.15) is 32.1 Å². The fourth-order valence-corrected chi connectivity index (χ4v) is 2.73. The fraction of sp³-hybridized carbons (Fsp3) is 0.800. The summed E-state index contributed by atoms with van der Waals surface area (Å²) in [6, 6.07) is 0. The summed E-state index contributed by atoms with van der Waals surface area (Å²) in [5.41, 5.74) is -0.435. The molecular formula is C15H22F2N4O. The second-order valence-electron chi connectivity index (χ2n) is 5.81. The minimum absolute atomic E-state index is 0.0521. The zero-order valence-electron chi connectivity index (χ0n) is 12.7. The second kappa shape index (κ2) is 7.63. The number of carbonyl (C=O) groups excluding carboxylic acids is 1. The van der Waals surface area contributed by atoms with Gasteiger partial charge in [0, 0.05) is 51.9 Å². The molecule has 1 amide bonds. The van der Waals surface area contributed by atoms with Gasteiger partial charge in [-0.3, -0.25) is 9.69 Å². The number of amides is 1. The molecule has 0 N–H and O–H groups in total. The van der Waals surface area contributed by atoms with Crippen molar-refractivity contribution in [1.29, 1.82) is 0 Å². The van der Waals surface area contributed by atoms with Gasteiger partial charge < -0.3 is 4.90 Å². The summed E-state index contributed by atoms with van der Waals surface area (Å²) in [5.74, 6) is 2.61. The highest BCUT2D eigenvalue weighted by molar-refractivity contribution is 5.76. The summed E-state index contributed by atoms with van der Waals surface area (Å²) in [5, 5.41) is 8.04. The normalized spacial score (nSPS) is 20.7. The van der Waals surface area contributed by atoms with E-state index in [2.05, 4.69) is 16.1 Å². The van der Waals surface area contributed by atoms with Crippen LogP contribution < -0.4 is 0 Å². The molecule has 0 spiro atoms. The molecule has 0 radical (unpaired) electrons. The molecule has 0 aromatic heterocycles. The van der Waals surface area contributed by atoms with Gasteiger partial charge in [0.15, 0.2) is 5.66 Å². The monoisotopic (exact) mass is 312 g/mol. The highest BCUT2D eigenvalue weighted by Gasteiger charge is 2.39. The smallest absolute Gasteiger partial charge is 0.251 e. The first-order valence-electron chi connectivity index (χ1n) is 7.70. The predicted octanol–water partition coefficient (Wildman–Crippen LogP) is 2.14. The van der Waals surface area contributed by atoms with Crippen LogP contribution in [-0.4, -0.2) is 60.5 Å². The Hall–Kier alpha value is -1.55. The molecule has 1 fully saturated rings. The van der Waals surface area contributed by atoms with E-state index >= 15 is 0 Å². The maximum atomic E-state index is 12.4. The van der Waals surface area contributed by atoms with E-state index in [4.69, 9.17) is 6.42 Å². The third-order valence-corrected chi connectivity index (χ3v) is 4.13. The molecule has 1 saturated heterocycles. The van der Waals surface area contributed by atoms with Gasteiger partial charge in [-0.2, -0.15) is 10.2 Å². The first-order chi connectivity index (χ1) is 10.5. The second-order valence-corrected chi connectivity index (χ2v) is 5.81. The van der Waals surface area contributed by atoms with E-state index in [1.165, 1.54) is 0 Å². The third-order valence-electron chi connectivity index (χ3n) is 4.13. The lowest BCUT2D eigenvalue weighted by Gasteiger charge is -2.22. The Bertz CT molecular complexity index is 455. The van der Waals surface area contributed by atoms with Crippen molar-refractivity contribution < 1.29 is 13.6 Å². The molecule has 0 aliphatic carbocycles. The van der Waals surface area contributed by atoms with Crippen molar-refractivity contribution in [3.05, 3.63) is 0 Å².